The Bertz CT molecular complexity index is 213. The fourth-order valence-electron chi connectivity index (χ4n) is 2.12. The molecule has 1 aliphatic carbocycles. The number of carbonyl (C=O) groups excluding carboxylic acids is 1. The van der Waals surface area contributed by atoms with Crippen molar-refractivity contribution in [1.82, 2.24) is 5.32 Å². The Balaban J connectivity index is 2.35. The van der Waals surface area contributed by atoms with E-state index in [9.17, 15) is 4.79 Å². The van der Waals surface area contributed by atoms with E-state index >= 15 is 0 Å². The van der Waals surface area contributed by atoms with Gasteiger partial charge in [0.25, 0.3) is 0 Å². The van der Waals surface area contributed by atoms with Gasteiger partial charge < -0.3 is 16.2 Å². The lowest BCUT2D eigenvalue weighted by molar-refractivity contribution is -0.123. The first-order valence-corrected chi connectivity index (χ1v) is 5.75. The molecule has 0 spiro atoms. The third-order valence-electron chi connectivity index (χ3n) is 3.04. The van der Waals surface area contributed by atoms with Gasteiger partial charge >= 0.3 is 0 Å². The lowest BCUT2D eigenvalue weighted by Crippen LogP contribution is -2.47. The molecule has 1 rings (SSSR count). The van der Waals surface area contributed by atoms with Crippen LogP contribution in [-0.2, 0) is 4.79 Å². The van der Waals surface area contributed by atoms with Gasteiger partial charge in [-0.25, -0.2) is 0 Å². The summed E-state index contributed by atoms with van der Waals surface area (Å²) < 4.78 is 0. The van der Waals surface area contributed by atoms with Crippen LogP contribution in [0.25, 0.3) is 0 Å². The molecule has 1 saturated carbocycles. The predicted octanol–water partition coefficient (Wildman–Crippen LogP) is 0.535. The van der Waals surface area contributed by atoms with Gasteiger partial charge in [-0.05, 0) is 19.8 Å². The molecule has 15 heavy (non-hydrogen) atoms. The van der Waals surface area contributed by atoms with Gasteiger partial charge in [0.05, 0.1) is 6.61 Å². The zero-order valence-electron chi connectivity index (χ0n) is 9.46. The molecule has 1 amide bonds. The molecule has 1 unspecified atom stereocenters. The van der Waals surface area contributed by atoms with Crippen LogP contribution in [0.3, 0.4) is 0 Å². The summed E-state index contributed by atoms with van der Waals surface area (Å²) in [5.41, 5.74) is 5.85. The molecule has 4 heteroatoms. The van der Waals surface area contributed by atoms with Crippen LogP contribution in [0.1, 0.15) is 45.4 Å². The number of rotatable bonds is 4. The number of hydrogen-bond donors (Lipinski definition) is 3. The maximum Gasteiger partial charge on any atom is 0.222 e. The van der Waals surface area contributed by atoms with Crippen molar-refractivity contribution in [3.8, 4) is 0 Å². The van der Waals surface area contributed by atoms with Crippen molar-refractivity contribution < 1.29 is 9.90 Å². The SMILES string of the molecule is CC(CO)NC(=O)CC1(N)CCCCC1. The highest BCUT2D eigenvalue weighted by molar-refractivity contribution is 5.77. The van der Waals surface area contributed by atoms with Crippen molar-refractivity contribution in [2.24, 2.45) is 5.73 Å². The zero-order valence-corrected chi connectivity index (χ0v) is 9.46. The van der Waals surface area contributed by atoms with E-state index in [1.807, 2.05) is 0 Å². The van der Waals surface area contributed by atoms with E-state index in [1.165, 1.54) is 6.42 Å². The molecule has 0 aromatic rings. The van der Waals surface area contributed by atoms with Crippen molar-refractivity contribution in [2.75, 3.05) is 6.61 Å². The molecule has 4 N–H and O–H groups in total. The van der Waals surface area contributed by atoms with Crippen LogP contribution >= 0.6 is 0 Å². The molecule has 1 aliphatic rings. The molecule has 0 bridgehead atoms. The van der Waals surface area contributed by atoms with Gasteiger partial charge in [0.2, 0.25) is 5.91 Å². The number of amides is 1. The maximum absolute atomic E-state index is 11.6. The average molecular weight is 214 g/mol. The molecule has 0 aromatic heterocycles. The lowest BCUT2D eigenvalue weighted by Gasteiger charge is -2.33. The highest BCUT2D eigenvalue weighted by Gasteiger charge is 2.30. The van der Waals surface area contributed by atoms with Crippen molar-refractivity contribution in [2.45, 2.75) is 57.0 Å². The standard InChI is InChI=1S/C11H22N2O2/c1-9(8-14)13-10(15)7-11(12)5-3-2-4-6-11/h9,14H,2-8,12H2,1H3,(H,13,15). The van der Waals surface area contributed by atoms with Crippen LogP contribution < -0.4 is 11.1 Å². The first-order chi connectivity index (χ1) is 7.06. The third kappa shape index (κ3) is 4.18. The van der Waals surface area contributed by atoms with Crippen LogP contribution in [0.15, 0.2) is 0 Å². The van der Waals surface area contributed by atoms with Gasteiger partial charge in [-0.15, -0.1) is 0 Å². The van der Waals surface area contributed by atoms with Crippen molar-refractivity contribution in [1.29, 1.82) is 0 Å². The minimum atomic E-state index is -0.308. The largest absolute Gasteiger partial charge is 0.394 e. The number of hydrogen-bond acceptors (Lipinski definition) is 3. The van der Waals surface area contributed by atoms with Gasteiger partial charge in [-0.2, -0.15) is 0 Å². The van der Waals surface area contributed by atoms with Crippen molar-refractivity contribution in [3.05, 3.63) is 0 Å². The fourth-order valence-corrected chi connectivity index (χ4v) is 2.12. The smallest absolute Gasteiger partial charge is 0.222 e. The molecular formula is C11H22N2O2. The van der Waals surface area contributed by atoms with E-state index in [1.54, 1.807) is 6.92 Å². The fraction of sp³-hybridized carbons (Fsp3) is 0.909. The van der Waals surface area contributed by atoms with E-state index in [0.717, 1.165) is 25.7 Å². The zero-order chi connectivity index (χ0) is 11.3. The molecular weight excluding hydrogens is 192 g/mol. The Kier molecular flexibility index (Phi) is 4.54. The molecule has 1 atom stereocenters. The molecule has 0 aliphatic heterocycles. The van der Waals surface area contributed by atoms with E-state index in [2.05, 4.69) is 5.32 Å². The van der Waals surface area contributed by atoms with Crippen molar-refractivity contribution >= 4 is 5.91 Å². The van der Waals surface area contributed by atoms with Gasteiger partial charge in [-0.1, -0.05) is 19.3 Å². The predicted molar refractivity (Wildman–Crippen MR) is 59.3 cm³/mol. The van der Waals surface area contributed by atoms with E-state index < -0.39 is 0 Å². The molecule has 0 heterocycles. The van der Waals surface area contributed by atoms with Crippen LogP contribution in [0.2, 0.25) is 0 Å². The average Bonchev–Trinajstić information content (AvgIpc) is 2.17. The topological polar surface area (TPSA) is 75.3 Å². The summed E-state index contributed by atoms with van der Waals surface area (Å²) >= 11 is 0. The first-order valence-electron chi connectivity index (χ1n) is 5.75. The monoisotopic (exact) mass is 214 g/mol. The third-order valence-corrected chi connectivity index (χ3v) is 3.04. The highest BCUT2D eigenvalue weighted by Crippen LogP contribution is 2.28. The summed E-state index contributed by atoms with van der Waals surface area (Å²) in [6.45, 7) is 1.76. The van der Waals surface area contributed by atoms with Gasteiger partial charge in [0, 0.05) is 18.0 Å². The second-order valence-electron chi connectivity index (χ2n) is 4.75. The summed E-state index contributed by atoms with van der Waals surface area (Å²) in [5.74, 6) is -0.0408. The molecule has 4 nitrogen and oxygen atoms in total. The first kappa shape index (κ1) is 12.5. The lowest BCUT2D eigenvalue weighted by atomic mass is 9.80. The Hall–Kier alpha value is -0.610. The number of aliphatic hydroxyl groups is 1. The Morgan fingerprint density at radius 1 is 1.47 bits per heavy atom. The summed E-state index contributed by atoms with van der Waals surface area (Å²) in [5, 5.41) is 11.5. The van der Waals surface area contributed by atoms with E-state index in [0.29, 0.717) is 6.42 Å². The molecule has 0 radical (unpaired) electrons. The number of carbonyl (C=O) groups is 1. The van der Waals surface area contributed by atoms with E-state index in [-0.39, 0.29) is 24.1 Å². The normalized spacial score (nSPS) is 22.1. The van der Waals surface area contributed by atoms with Crippen molar-refractivity contribution in [3.63, 3.8) is 0 Å². The summed E-state index contributed by atoms with van der Waals surface area (Å²) in [6.07, 6.45) is 5.74. The van der Waals surface area contributed by atoms with Gasteiger partial charge in [-0.3, -0.25) is 4.79 Å². The highest BCUT2D eigenvalue weighted by atomic mass is 16.3. The van der Waals surface area contributed by atoms with Crippen LogP contribution in [0.4, 0.5) is 0 Å². The number of nitrogens with one attached hydrogen (secondary N) is 1. The van der Waals surface area contributed by atoms with Crippen LogP contribution in [-0.4, -0.2) is 29.2 Å². The summed E-state index contributed by atoms with van der Waals surface area (Å²) in [7, 11) is 0. The molecule has 0 aromatic carbocycles. The minimum absolute atomic E-state index is 0.0245. The Morgan fingerprint density at radius 3 is 2.60 bits per heavy atom. The van der Waals surface area contributed by atoms with Crippen LogP contribution in [0, 0.1) is 0 Å². The summed E-state index contributed by atoms with van der Waals surface area (Å²) in [4.78, 5) is 11.6. The molecule has 1 fully saturated rings. The Morgan fingerprint density at radius 2 is 2.07 bits per heavy atom. The second kappa shape index (κ2) is 5.47. The number of nitrogens with two attached hydrogens (primary N) is 1. The van der Waals surface area contributed by atoms with E-state index in [4.69, 9.17) is 10.8 Å². The summed E-state index contributed by atoms with van der Waals surface area (Å²) in [6, 6.07) is -0.176. The maximum atomic E-state index is 11.6. The van der Waals surface area contributed by atoms with Crippen LogP contribution in [0.5, 0.6) is 0 Å². The molecule has 88 valence electrons. The minimum Gasteiger partial charge on any atom is -0.394 e. The second-order valence-corrected chi connectivity index (χ2v) is 4.75. The van der Waals surface area contributed by atoms with Gasteiger partial charge in [0.1, 0.15) is 0 Å². The molecule has 0 saturated heterocycles. The van der Waals surface area contributed by atoms with Gasteiger partial charge in [0.15, 0.2) is 0 Å². The number of aliphatic hydroxyl groups excluding tert-OH is 1. The quantitative estimate of drug-likeness (QED) is 0.639. The Labute approximate surface area is 91.2 Å².